The molecule has 10 aromatic carbocycles. The first-order valence-corrected chi connectivity index (χ1v) is 19.2. The lowest BCUT2D eigenvalue weighted by Crippen LogP contribution is -2.10. The van der Waals surface area contributed by atoms with Crippen molar-refractivity contribution in [2.45, 2.75) is 0 Å². The molecule has 0 radical (unpaired) electrons. The van der Waals surface area contributed by atoms with E-state index in [9.17, 15) is 0 Å². The van der Waals surface area contributed by atoms with E-state index < -0.39 is 0 Å². The van der Waals surface area contributed by atoms with E-state index in [0.29, 0.717) is 0 Å². The maximum Gasteiger partial charge on any atom is 0.135 e. The van der Waals surface area contributed by atoms with Crippen LogP contribution >= 0.6 is 0 Å². The number of furan rings is 1. The van der Waals surface area contributed by atoms with Crippen molar-refractivity contribution in [2.75, 3.05) is 4.90 Å². The molecule has 0 aliphatic carbocycles. The topological polar surface area (TPSA) is 16.4 Å². The number of nitrogens with zero attached hydrogens (tertiary/aromatic N) is 1. The summed E-state index contributed by atoms with van der Waals surface area (Å²) in [5, 5.41) is 9.77. The zero-order chi connectivity index (χ0) is 37.0. The smallest absolute Gasteiger partial charge is 0.135 e. The van der Waals surface area contributed by atoms with Gasteiger partial charge < -0.3 is 9.32 Å². The van der Waals surface area contributed by atoms with Crippen molar-refractivity contribution < 1.29 is 4.42 Å². The molecular formula is C54H35NO. The predicted molar refractivity (Wildman–Crippen MR) is 237 cm³/mol. The van der Waals surface area contributed by atoms with Crippen molar-refractivity contribution >= 4 is 71.3 Å². The van der Waals surface area contributed by atoms with Crippen LogP contribution in [0.2, 0.25) is 0 Å². The molecule has 2 heteroatoms. The Balaban J connectivity index is 1.06. The Bertz CT molecular complexity index is 3260. The van der Waals surface area contributed by atoms with Crippen LogP contribution in [0.25, 0.3) is 87.6 Å². The van der Waals surface area contributed by atoms with E-state index in [0.717, 1.165) is 50.1 Å². The third kappa shape index (κ3) is 5.51. The molecule has 0 saturated heterocycles. The third-order valence-electron chi connectivity index (χ3n) is 11.2. The molecule has 0 amide bonds. The average Bonchev–Trinajstić information content (AvgIpc) is 3.65. The van der Waals surface area contributed by atoms with Gasteiger partial charge in [-0.3, -0.25) is 0 Å². The number of para-hydroxylation sites is 1. The Hall–Kier alpha value is -7.42. The van der Waals surface area contributed by atoms with Gasteiger partial charge in [0.25, 0.3) is 0 Å². The van der Waals surface area contributed by atoms with Gasteiger partial charge in [0.05, 0.1) is 0 Å². The van der Waals surface area contributed by atoms with Gasteiger partial charge in [-0.05, 0) is 132 Å². The molecule has 11 rings (SSSR count). The Kier molecular flexibility index (Phi) is 7.53. The molecule has 1 heterocycles. The molecule has 0 N–H and O–H groups in total. The highest BCUT2D eigenvalue weighted by Gasteiger charge is 2.17. The van der Waals surface area contributed by atoms with Gasteiger partial charge in [-0.25, -0.2) is 0 Å². The zero-order valence-electron chi connectivity index (χ0n) is 30.6. The Morgan fingerprint density at radius 2 is 0.839 bits per heavy atom. The second-order valence-corrected chi connectivity index (χ2v) is 14.5. The molecule has 0 fully saturated rings. The van der Waals surface area contributed by atoms with E-state index in [-0.39, 0.29) is 0 Å². The molecule has 0 aliphatic rings. The minimum Gasteiger partial charge on any atom is -0.456 e. The largest absolute Gasteiger partial charge is 0.456 e. The standard InChI is InChI=1S/C54H35NO/c1-2-12-38-31-40(24-23-36(38)11-1)37-25-28-44(29-26-37)55(45-16-9-14-39(32-45)41-27-30-54-52(34-41)50-21-7-8-22-53(50)56-54)46-17-10-15-42(33-46)51-35-43-13-3-4-18-47(43)48-19-5-6-20-49(48)51/h1-35H. The van der Waals surface area contributed by atoms with Crippen molar-refractivity contribution in [3.8, 4) is 33.4 Å². The van der Waals surface area contributed by atoms with E-state index in [2.05, 4.69) is 205 Å². The maximum absolute atomic E-state index is 6.17. The van der Waals surface area contributed by atoms with E-state index in [4.69, 9.17) is 4.42 Å². The fourth-order valence-corrected chi connectivity index (χ4v) is 8.45. The van der Waals surface area contributed by atoms with Gasteiger partial charge >= 0.3 is 0 Å². The van der Waals surface area contributed by atoms with Crippen LogP contribution in [-0.4, -0.2) is 0 Å². The summed E-state index contributed by atoms with van der Waals surface area (Å²) in [6.45, 7) is 0. The van der Waals surface area contributed by atoms with Crippen molar-refractivity contribution in [1.29, 1.82) is 0 Å². The molecule has 0 unspecified atom stereocenters. The zero-order valence-corrected chi connectivity index (χ0v) is 30.6. The SMILES string of the molecule is c1cc(-c2ccc3oc4ccccc4c3c2)cc(N(c2ccc(-c3ccc4ccccc4c3)cc2)c2cccc(-c3cc4ccccc4c4ccccc34)c2)c1. The van der Waals surface area contributed by atoms with Gasteiger partial charge in [0.15, 0.2) is 0 Å². The Morgan fingerprint density at radius 1 is 0.268 bits per heavy atom. The molecule has 56 heavy (non-hydrogen) atoms. The van der Waals surface area contributed by atoms with Crippen LogP contribution in [0.3, 0.4) is 0 Å². The minimum absolute atomic E-state index is 0.900. The fraction of sp³-hybridized carbons (Fsp3) is 0. The number of hydrogen-bond acceptors (Lipinski definition) is 2. The second kappa shape index (κ2) is 13.2. The van der Waals surface area contributed by atoms with Gasteiger partial charge in [-0.2, -0.15) is 0 Å². The van der Waals surface area contributed by atoms with E-state index in [1.165, 1.54) is 54.6 Å². The molecule has 11 aromatic rings. The average molecular weight is 714 g/mol. The molecule has 0 saturated carbocycles. The van der Waals surface area contributed by atoms with Crippen LogP contribution in [0.5, 0.6) is 0 Å². The maximum atomic E-state index is 6.17. The third-order valence-corrected chi connectivity index (χ3v) is 11.2. The summed E-state index contributed by atoms with van der Waals surface area (Å²) in [4.78, 5) is 2.38. The first-order chi connectivity index (χ1) is 27.7. The van der Waals surface area contributed by atoms with Crippen LogP contribution in [0.1, 0.15) is 0 Å². The second-order valence-electron chi connectivity index (χ2n) is 14.5. The van der Waals surface area contributed by atoms with E-state index in [1.807, 2.05) is 12.1 Å². The van der Waals surface area contributed by atoms with Crippen molar-refractivity contribution in [2.24, 2.45) is 0 Å². The van der Waals surface area contributed by atoms with E-state index in [1.54, 1.807) is 0 Å². The van der Waals surface area contributed by atoms with Crippen LogP contribution < -0.4 is 4.90 Å². The Labute approximate surface area is 325 Å². The van der Waals surface area contributed by atoms with Crippen LogP contribution in [0, 0.1) is 0 Å². The van der Waals surface area contributed by atoms with Crippen LogP contribution in [0.15, 0.2) is 217 Å². The van der Waals surface area contributed by atoms with Gasteiger partial charge in [0, 0.05) is 27.8 Å². The first kappa shape index (κ1) is 32.0. The lowest BCUT2D eigenvalue weighted by atomic mass is 9.93. The molecule has 1 aromatic heterocycles. The highest BCUT2D eigenvalue weighted by Crippen LogP contribution is 2.42. The Morgan fingerprint density at radius 3 is 1.66 bits per heavy atom. The van der Waals surface area contributed by atoms with Crippen molar-refractivity contribution in [3.05, 3.63) is 212 Å². The normalized spacial score (nSPS) is 11.6. The number of hydrogen-bond donors (Lipinski definition) is 0. The van der Waals surface area contributed by atoms with Crippen molar-refractivity contribution in [1.82, 2.24) is 0 Å². The number of rotatable bonds is 6. The summed E-state index contributed by atoms with van der Waals surface area (Å²) in [6.07, 6.45) is 0. The van der Waals surface area contributed by atoms with Crippen LogP contribution in [0.4, 0.5) is 17.1 Å². The van der Waals surface area contributed by atoms with Gasteiger partial charge in [0.1, 0.15) is 11.2 Å². The molecule has 2 nitrogen and oxygen atoms in total. The quantitative estimate of drug-likeness (QED) is 0.160. The van der Waals surface area contributed by atoms with Gasteiger partial charge in [0.2, 0.25) is 0 Å². The highest BCUT2D eigenvalue weighted by molar-refractivity contribution is 6.14. The molecular weight excluding hydrogens is 679 g/mol. The number of anilines is 3. The summed E-state index contributed by atoms with van der Waals surface area (Å²) in [5.41, 5.74) is 12.1. The monoisotopic (exact) mass is 713 g/mol. The number of benzene rings is 10. The van der Waals surface area contributed by atoms with Gasteiger partial charge in [-0.1, -0.05) is 146 Å². The lowest BCUT2D eigenvalue weighted by molar-refractivity contribution is 0.669. The van der Waals surface area contributed by atoms with Gasteiger partial charge in [-0.15, -0.1) is 0 Å². The molecule has 0 bridgehead atoms. The number of fused-ring (bicyclic) bond motifs is 7. The van der Waals surface area contributed by atoms with Crippen molar-refractivity contribution in [3.63, 3.8) is 0 Å². The molecule has 0 atom stereocenters. The highest BCUT2D eigenvalue weighted by atomic mass is 16.3. The van der Waals surface area contributed by atoms with E-state index >= 15 is 0 Å². The summed E-state index contributed by atoms with van der Waals surface area (Å²) in [5.74, 6) is 0. The van der Waals surface area contributed by atoms with Crippen LogP contribution in [-0.2, 0) is 0 Å². The fourth-order valence-electron chi connectivity index (χ4n) is 8.45. The molecule has 0 spiro atoms. The summed E-state index contributed by atoms with van der Waals surface area (Å²) < 4.78 is 6.17. The molecule has 262 valence electrons. The summed E-state index contributed by atoms with van der Waals surface area (Å²) in [7, 11) is 0. The minimum atomic E-state index is 0.900. The molecule has 0 aliphatic heterocycles. The predicted octanol–water partition coefficient (Wildman–Crippen LogP) is 15.5. The summed E-state index contributed by atoms with van der Waals surface area (Å²) in [6, 6.07) is 76.7. The first-order valence-electron chi connectivity index (χ1n) is 19.2. The lowest BCUT2D eigenvalue weighted by Gasteiger charge is -2.27. The summed E-state index contributed by atoms with van der Waals surface area (Å²) >= 11 is 0.